The number of rotatable bonds is 13. The minimum Gasteiger partial charge on any atom is -0.354 e. The summed E-state index contributed by atoms with van der Waals surface area (Å²) in [4.78, 5) is 28.8. The fourth-order valence-corrected chi connectivity index (χ4v) is 5.71. The van der Waals surface area contributed by atoms with Gasteiger partial charge in [0, 0.05) is 25.1 Å². The number of anilines is 1. The van der Waals surface area contributed by atoms with E-state index in [1.165, 1.54) is 35.2 Å². The molecular weight excluding hydrogens is 612 g/mol. The lowest BCUT2D eigenvalue weighted by Gasteiger charge is -2.33. The van der Waals surface area contributed by atoms with E-state index in [0.717, 1.165) is 29.0 Å². The molecule has 0 radical (unpaired) electrons. The third kappa shape index (κ3) is 9.07. The SMILES string of the molecule is CCCCNC(=O)[C@@H](Cc1ccccc1)N(Cc1ccccc1F)C(=O)CN(c1cc(Cl)c(Cl)cc1Cl)S(C)(=O)=O. The summed E-state index contributed by atoms with van der Waals surface area (Å²) >= 11 is 18.5. The van der Waals surface area contributed by atoms with Crippen LogP contribution in [0, 0.1) is 5.82 Å². The largest absolute Gasteiger partial charge is 0.354 e. The molecule has 0 fully saturated rings. The smallest absolute Gasteiger partial charge is 0.244 e. The molecule has 0 spiro atoms. The van der Waals surface area contributed by atoms with Gasteiger partial charge >= 0.3 is 0 Å². The molecule has 0 aliphatic heterocycles. The summed E-state index contributed by atoms with van der Waals surface area (Å²) in [6, 6.07) is 16.4. The van der Waals surface area contributed by atoms with Crippen LogP contribution in [0.5, 0.6) is 0 Å². The third-order valence-corrected chi connectivity index (χ3v) is 8.49. The summed E-state index contributed by atoms with van der Waals surface area (Å²) in [5.74, 6) is -1.75. The standard InChI is InChI=1S/C29H31Cl3FN3O4S/c1-3-4-14-34-29(38)27(15-20-10-6-5-7-11-20)35(18-21-12-8-9-13-25(21)33)28(37)19-36(41(2,39)40)26-17-23(31)22(30)16-24(26)32/h5-13,16-17,27H,3-4,14-15,18-19H2,1-2H3,(H,34,38)/t27-/m1/s1. The van der Waals surface area contributed by atoms with Gasteiger partial charge in [0.05, 0.1) is 27.0 Å². The van der Waals surface area contributed by atoms with Crippen molar-refractivity contribution in [3.8, 4) is 0 Å². The van der Waals surface area contributed by atoms with Crippen molar-refractivity contribution < 1.29 is 22.4 Å². The predicted molar refractivity (Wildman–Crippen MR) is 162 cm³/mol. The Bertz CT molecular complexity index is 1480. The summed E-state index contributed by atoms with van der Waals surface area (Å²) in [6.45, 7) is 1.36. The first-order chi connectivity index (χ1) is 19.4. The Morgan fingerprint density at radius 3 is 2.22 bits per heavy atom. The average Bonchev–Trinajstić information content (AvgIpc) is 2.92. The summed E-state index contributed by atoms with van der Waals surface area (Å²) in [5.41, 5.74) is 0.871. The minimum absolute atomic E-state index is 0.0348. The molecular formula is C29H31Cl3FN3O4S. The normalized spacial score (nSPS) is 12.0. The van der Waals surface area contributed by atoms with Crippen LogP contribution in [0.3, 0.4) is 0 Å². The predicted octanol–water partition coefficient (Wildman–Crippen LogP) is 6.11. The van der Waals surface area contributed by atoms with Crippen LogP contribution in [0.15, 0.2) is 66.7 Å². The lowest BCUT2D eigenvalue weighted by molar-refractivity contribution is -0.140. The van der Waals surface area contributed by atoms with E-state index in [2.05, 4.69) is 5.32 Å². The highest BCUT2D eigenvalue weighted by Gasteiger charge is 2.34. The van der Waals surface area contributed by atoms with E-state index < -0.39 is 40.2 Å². The molecule has 0 unspecified atom stereocenters. The zero-order chi connectivity index (χ0) is 30.2. The summed E-state index contributed by atoms with van der Waals surface area (Å²) < 4.78 is 41.4. The first-order valence-corrected chi connectivity index (χ1v) is 15.9. The quantitative estimate of drug-likeness (QED) is 0.180. The molecule has 41 heavy (non-hydrogen) atoms. The number of nitrogens with one attached hydrogen (secondary N) is 1. The molecule has 3 aromatic rings. The van der Waals surface area contributed by atoms with Gasteiger partial charge in [-0.1, -0.05) is 96.7 Å². The van der Waals surface area contributed by atoms with Gasteiger partial charge in [-0.25, -0.2) is 12.8 Å². The Kier molecular flexibility index (Phi) is 11.8. The average molecular weight is 643 g/mol. The highest BCUT2D eigenvalue weighted by molar-refractivity contribution is 7.92. The second-order valence-electron chi connectivity index (χ2n) is 9.45. The van der Waals surface area contributed by atoms with Gasteiger partial charge in [-0.15, -0.1) is 0 Å². The van der Waals surface area contributed by atoms with Gasteiger partial charge in [-0.2, -0.15) is 0 Å². The van der Waals surface area contributed by atoms with E-state index in [1.54, 1.807) is 6.07 Å². The number of carbonyl (C=O) groups is 2. The summed E-state index contributed by atoms with van der Waals surface area (Å²) in [5, 5.41) is 2.96. The fourth-order valence-electron chi connectivity index (χ4n) is 4.17. The first-order valence-electron chi connectivity index (χ1n) is 12.9. The Balaban J connectivity index is 2.08. The van der Waals surface area contributed by atoms with Crippen LogP contribution < -0.4 is 9.62 Å². The monoisotopic (exact) mass is 641 g/mol. The lowest BCUT2D eigenvalue weighted by Crippen LogP contribution is -2.53. The van der Waals surface area contributed by atoms with Crippen molar-refractivity contribution in [1.29, 1.82) is 0 Å². The summed E-state index contributed by atoms with van der Waals surface area (Å²) in [6.07, 6.45) is 2.60. The number of unbranched alkanes of at least 4 members (excludes halogenated alkanes) is 1. The molecule has 0 aromatic heterocycles. The van der Waals surface area contributed by atoms with E-state index in [4.69, 9.17) is 34.8 Å². The Labute approximate surface area is 255 Å². The van der Waals surface area contributed by atoms with Gasteiger partial charge in [0.1, 0.15) is 18.4 Å². The summed E-state index contributed by atoms with van der Waals surface area (Å²) in [7, 11) is -4.08. The van der Waals surface area contributed by atoms with Crippen molar-refractivity contribution in [3.05, 3.63) is 98.7 Å². The maximum Gasteiger partial charge on any atom is 0.244 e. The van der Waals surface area contributed by atoms with Crippen molar-refractivity contribution in [2.24, 2.45) is 0 Å². The van der Waals surface area contributed by atoms with E-state index >= 15 is 0 Å². The molecule has 0 aliphatic rings. The van der Waals surface area contributed by atoms with Gasteiger partial charge in [0.2, 0.25) is 21.8 Å². The van der Waals surface area contributed by atoms with Crippen LogP contribution in [0.25, 0.3) is 0 Å². The molecule has 0 saturated carbocycles. The second-order valence-corrected chi connectivity index (χ2v) is 12.6. The van der Waals surface area contributed by atoms with Crippen LogP contribution in [0.1, 0.15) is 30.9 Å². The second kappa shape index (κ2) is 14.9. The molecule has 1 atom stereocenters. The molecule has 1 N–H and O–H groups in total. The topological polar surface area (TPSA) is 86.8 Å². The zero-order valence-corrected chi connectivity index (χ0v) is 25.7. The zero-order valence-electron chi connectivity index (χ0n) is 22.6. The molecule has 3 rings (SSSR count). The number of benzene rings is 3. The molecule has 220 valence electrons. The van der Waals surface area contributed by atoms with Crippen LogP contribution in [0.2, 0.25) is 15.1 Å². The van der Waals surface area contributed by atoms with E-state index in [0.29, 0.717) is 6.54 Å². The Hall–Kier alpha value is -2.85. The van der Waals surface area contributed by atoms with Crippen molar-refractivity contribution in [3.63, 3.8) is 0 Å². The molecule has 3 aromatic carbocycles. The molecule has 7 nitrogen and oxygen atoms in total. The van der Waals surface area contributed by atoms with E-state index in [1.807, 2.05) is 37.3 Å². The number of nitrogens with zero attached hydrogens (tertiary/aromatic N) is 2. The van der Waals surface area contributed by atoms with Crippen molar-refractivity contribution in [2.45, 2.75) is 38.8 Å². The van der Waals surface area contributed by atoms with Gasteiger partial charge in [0.15, 0.2) is 0 Å². The maximum atomic E-state index is 14.8. The highest BCUT2D eigenvalue weighted by atomic mass is 35.5. The number of halogens is 4. The number of sulfonamides is 1. The van der Waals surface area contributed by atoms with Crippen LogP contribution in [-0.4, -0.2) is 50.5 Å². The Morgan fingerprint density at radius 2 is 1.59 bits per heavy atom. The molecule has 0 aliphatic carbocycles. The van der Waals surface area contributed by atoms with Gasteiger partial charge in [-0.3, -0.25) is 13.9 Å². The van der Waals surface area contributed by atoms with Crippen molar-refractivity contribution >= 4 is 62.3 Å². The highest BCUT2D eigenvalue weighted by Crippen LogP contribution is 2.35. The van der Waals surface area contributed by atoms with E-state index in [9.17, 15) is 22.4 Å². The molecule has 0 heterocycles. The number of hydrogen-bond acceptors (Lipinski definition) is 4. The number of carbonyl (C=O) groups excluding carboxylic acids is 2. The Morgan fingerprint density at radius 1 is 0.951 bits per heavy atom. The van der Waals surface area contributed by atoms with E-state index in [-0.39, 0.29) is 39.3 Å². The molecule has 12 heteroatoms. The van der Waals surface area contributed by atoms with Gasteiger partial charge in [0.25, 0.3) is 0 Å². The molecule has 0 bridgehead atoms. The lowest BCUT2D eigenvalue weighted by atomic mass is 10.0. The minimum atomic E-state index is -4.08. The maximum absolute atomic E-state index is 14.8. The fraction of sp³-hybridized carbons (Fsp3) is 0.310. The molecule has 2 amide bonds. The van der Waals surface area contributed by atoms with Crippen molar-refractivity contribution in [2.75, 3.05) is 23.7 Å². The van der Waals surface area contributed by atoms with Gasteiger partial charge < -0.3 is 10.2 Å². The number of hydrogen-bond donors (Lipinski definition) is 1. The molecule has 0 saturated heterocycles. The number of amides is 2. The van der Waals surface area contributed by atoms with Crippen LogP contribution in [0.4, 0.5) is 10.1 Å². The first kappa shape index (κ1) is 32.7. The van der Waals surface area contributed by atoms with Gasteiger partial charge in [-0.05, 0) is 30.2 Å². The third-order valence-electron chi connectivity index (χ3n) is 6.34. The van der Waals surface area contributed by atoms with Crippen molar-refractivity contribution in [1.82, 2.24) is 10.2 Å². The van der Waals surface area contributed by atoms with Crippen LogP contribution in [-0.2, 0) is 32.6 Å². The van der Waals surface area contributed by atoms with Crippen LogP contribution >= 0.6 is 34.8 Å².